The molecule has 0 heterocycles. The van der Waals surface area contributed by atoms with Gasteiger partial charge in [-0.15, -0.1) is 0 Å². The molecule has 1 rings (SSSR count). The zero-order valence-electron chi connectivity index (χ0n) is 7.39. The zero-order valence-corrected chi connectivity index (χ0v) is 7.39. The van der Waals surface area contributed by atoms with Gasteiger partial charge in [-0.05, 0) is 30.6 Å². The quantitative estimate of drug-likeness (QED) is 0.659. The van der Waals surface area contributed by atoms with Crippen molar-refractivity contribution in [3.8, 4) is 0 Å². The predicted molar refractivity (Wildman–Crippen MR) is 44.9 cm³/mol. The molecule has 0 saturated heterocycles. The van der Waals surface area contributed by atoms with Crippen LogP contribution < -0.4 is 5.73 Å². The fourth-order valence-corrected chi connectivity index (χ4v) is 1.74. The highest BCUT2D eigenvalue weighted by molar-refractivity contribution is 5.74. The maximum Gasteiger partial charge on any atom is 0.217 e. The van der Waals surface area contributed by atoms with Gasteiger partial charge in [-0.1, -0.05) is 13.8 Å². The standard InChI is InChI=1S/C9H17NO/c1-3-9(2,6-8(10)11)7-4-5-7/h7H,3-6H2,1-2H3,(H2,10,11). The summed E-state index contributed by atoms with van der Waals surface area (Å²) in [6.07, 6.45) is 4.21. The molecule has 1 fully saturated rings. The fourth-order valence-electron chi connectivity index (χ4n) is 1.74. The highest BCUT2D eigenvalue weighted by Gasteiger charge is 2.40. The normalized spacial score (nSPS) is 22.7. The van der Waals surface area contributed by atoms with Crippen molar-refractivity contribution in [2.24, 2.45) is 17.1 Å². The summed E-state index contributed by atoms with van der Waals surface area (Å²) < 4.78 is 0. The van der Waals surface area contributed by atoms with Crippen LogP contribution in [0.25, 0.3) is 0 Å². The third-order valence-corrected chi connectivity index (χ3v) is 2.95. The fraction of sp³-hybridized carbons (Fsp3) is 0.889. The van der Waals surface area contributed by atoms with E-state index in [0.717, 1.165) is 12.3 Å². The van der Waals surface area contributed by atoms with Crippen LogP contribution in [-0.2, 0) is 4.79 Å². The van der Waals surface area contributed by atoms with Crippen molar-refractivity contribution in [1.29, 1.82) is 0 Å². The predicted octanol–water partition coefficient (Wildman–Crippen LogP) is 1.69. The lowest BCUT2D eigenvalue weighted by atomic mass is 9.79. The van der Waals surface area contributed by atoms with Crippen LogP contribution in [0.1, 0.15) is 39.5 Å². The summed E-state index contributed by atoms with van der Waals surface area (Å²) in [5, 5.41) is 0. The summed E-state index contributed by atoms with van der Waals surface area (Å²) in [5.74, 6) is 0.612. The van der Waals surface area contributed by atoms with E-state index in [1.807, 2.05) is 0 Å². The van der Waals surface area contributed by atoms with E-state index in [4.69, 9.17) is 5.73 Å². The molecule has 0 radical (unpaired) electrons. The van der Waals surface area contributed by atoms with E-state index in [9.17, 15) is 4.79 Å². The molecule has 1 saturated carbocycles. The molecule has 0 bridgehead atoms. The Labute approximate surface area is 68.2 Å². The number of carbonyl (C=O) groups excluding carboxylic acids is 1. The van der Waals surface area contributed by atoms with E-state index < -0.39 is 0 Å². The van der Waals surface area contributed by atoms with Gasteiger partial charge in [0.05, 0.1) is 0 Å². The molecule has 0 aliphatic heterocycles. The smallest absolute Gasteiger partial charge is 0.217 e. The lowest BCUT2D eigenvalue weighted by Gasteiger charge is -2.26. The second-order valence-electron chi connectivity index (χ2n) is 3.92. The number of hydrogen-bond donors (Lipinski definition) is 1. The first-order valence-electron chi connectivity index (χ1n) is 4.37. The lowest BCUT2D eigenvalue weighted by molar-refractivity contribution is -0.120. The Kier molecular flexibility index (Phi) is 2.21. The zero-order chi connectivity index (χ0) is 8.48. The van der Waals surface area contributed by atoms with E-state index in [0.29, 0.717) is 6.42 Å². The van der Waals surface area contributed by atoms with Crippen LogP contribution >= 0.6 is 0 Å². The minimum Gasteiger partial charge on any atom is -0.370 e. The van der Waals surface area contributed by atoms with Gasteiger partial charge in [-0.2, -0.15) is 0 Å². The van der Waals surface area contributed by atoms with Gasteiger partial charge >= 0.3 is 0 Å². The molecule has 0 aromatic rings. The Morgan fingerprint density at radius 2 is 2.18 bits per heavy atom. The van der Waals surface area contributed by atoms with Crippen molar-refractivity contribution in [2.75, 3.05) is 0 Å². The molecule has 0 spiro atoms. The highest BCUT2D eigenvalue weighted by Crippen LogP contribution is 2.49. The Bertz CT molecular complexity index is 163. The summed E-state index contributed by atoms with van der Waals surface area (Å²) >= 11 is 0. The van der Waals surface area contributed by atoms with Crippen LogP contribution in [0.15, 0.2) is 0 Å². The van der Waals surface area contributed by atoms with Crippen LogP contribution in [0.5, 0.6) is 0 Å². The third-order valence-electron chi connectivity index (χ3n) is 2.95. The third kappa shape index (κ3) is 1.95. The molecule has 0 aromatic carbocycles. The molecular weight excluding hydrogens is 138 g/mol. The van der Waals surface area contributed by atoms with Gasteiger partial charge in [0.15, 0.2) is 0 Å². The number of amides is 1. The van der Waals surface area contributed by atoms with Crippen molar-refractivity contribution in [2.45, 2.75) is 39.5 Å². The van der Waals surface area contributed by atoms with Crippen LogP contribution in [0, 0.1) is 11.3 Å². The second-order valence-corrected chi connectivity index (χ2v) is 3.92. The first kappa shape index (κ1) is 8.57. The SMILES string of the molecule is CCC(C)(CC(N)=O)C1CC1. The summed E-state index contributed by atoms with van der Waals surface area (Å²) in [7, 11) is 0. The van der Waals surface area contributed by atoms with Crippen LogP contribution in [0.2, 0.25) is 0 Å². The van der Waals surface area contributed by atoms with Gasteiger partial charge < -0.3 is 5.73 Å². The van der Waals surface area contributed by atoms with E-state index in [2.05, 4.69) is 13.8 Å². The highest BCUT2D eigenvalue weighted by atomic mass is 16.1. The number of hydrogen-bond acceptors (Lipinski definition) is 1. The molecule has 1 amide bonds. The van der Waals surface area contributed by atoms with Gasteiger partial charge in [0.25, 0.3) is 0 Å². The lowest BCUT2D eigenvalue weighted by Crippen LogP contribution is -2.26. The summed E-state index contributed by atoms with van der Waals surface area (Å²) in [4.78, 5) is 10.7. The Morgan fingerprint density at radius 3 is 2.45 bits per heavy atom. The van der Waals surface area contributed by atoms with E-state index in [-0.39, 0.29) is 11.3 Å². The molecule has 1 unspecified atom stereocenters. The summed E-state index contributed by atoms with van der Waals surface area (Å²) in [6, 6.07) is 0. The molecule has 2 heteroatoms. The van der Waals surface area contributed by atoms with Crippen LogP contribution in [0.3, 0.4) is 0 Å². The van der Waals surface area contributed by atoms with Crippen LogP contribution in [0.4, 0.5) is 0 Å². The summed E-state index contributed by atoms with van der Waals surface area (Å²) in [6.45, 7) is 4.32. The number of carbonyl (C=O) groups is 1. The maximum absolute atomic E-state index is 10.7. The molecular formula is C9H17NO. The first-order valence-corrected chi connectivity index (χ1v) is 4.37. The number of nitrogens with two attached hydrogens (primary N) is 1. The molecule has 1 atom stereocenters. The van der Waals surface area contributed by atoms with E-state index in [1.54, 1.807) is 0 Å². The summed E-state index contributed by atoms with van der Waals surface area (Å²) in [5.41, 5.74) is 5.38. The molecule has 2 N–H and O–H groups in total. The largest absolute Gasteiger partial charge is 0.370 e. The first-order chi connectivity index (χ1) is 5.08. The Balaban J connectivity index is 2.51. The molecule has 1 aliphatic carbocycles. The Morgan fingerprint density at radius 1 is 1.64 bits per heavy atom. The number of primary amides is 1. The van der Waals surface area contributed by atoms with Crippen molar-refractivity contribution in [3.63, 3.8) is 0 Å². The average molecular weight is 155 g/mol. The molecule has 0 aromatic heterocycles. The van der Waals surface area contributed by atoms with Gasteiger partial charge in [0.1, 0.15) is 0 Å². The minimum absolute atomic E-state index is 0.152. The average Bonchev–Trinajstić information content (AvgIpc) is 2.66. The van der Waals surface area contributed by atoms with Gasteiger partial charge in [0.2, 0.25) is 5.91 Å². The van der Waals surface area contributed by atoms with E-state index in [1.165, 1.54) is 12.8 Å². The van der Waals surface area contributed by atoms with E-state index >= 15 is 0 Å². The van der Waals surface area contributed by atoms with Gasteiger partial charge in [0, 0.05) is 6.42 Å². The van der Waals surface area contributed by atoms with Crippen molar-refractivity contribution in [3.05, 3.63) is 0 Å². The molecule has 11 heavy (non-hydrogen) atoms. The molecule has 64 valence electrons. The molecule has 2 nitrogen and oxygen atoms in total. The van der Waals surface area contributed by atoms with Crippen molar-refractivity contribution in [1.82, 2.24) is 0 Å². The van der Waals surface area contributed by atoms with Gasteiger partial charge in [-0.25, -0.2) is 0 Å². The van der Waals surface area contributed by atoms with Crippen molar-refractivity contribution < 1.29 is 4.79 Å². The number of rotatable bonds is 4. The minimum atomic E-state index is -0.152. The topological polar surface area (TPSA) is 43.1 Å². The van der Waals surface area contributed by atoms with Crippen molar-refractivity contribution >= 4 is 5.91 Å². The van der Waals surface area contributed by atoms with Gasteiger partial charge in [-0.3, -0.25) is 4.79 Å². The monoisotopic (exact) mass is 155 g/mol. The second kappa shape index (κ2) is 2.84. The maximum atomic E-state index is 10.7. The molecule has 1 aliphatic rings. The van der Waals surface area contributed by atoms with Crippen LogP contribution in [-0.4, -0.2) is 5.91 Å². The Hall–Kier alpha value is -0.530.